The van der Waals surface area contributed by atoms with Crippen molar-refractivity contribution in [2.24, 2.45) is 0 Å². The summed E-state index contributed by atoms with van der Waals surface area (Å²) in [7, 11) is 1.44. The summed E-state index contributed by atoms with van der Waals surface area (Å²) >= 11 is 0. The summed E-state index contributed by atoms with van der Waals surface area (Å²) in [6.07, 6.45) is 1.54. The predicted molar refractivity (Wildman–Crippen MR) is 149 cm³/mol. The van der Waals surface area contributed by atoms with Gasteiger partial charge < -0.3 is 9.64 Å². The van der Waals surface area contributed by atoms with E-state index in [-0.39, 0.29) is 29.3 Å². The van der Waals surface area contributed by atoms with Gasteiger partial charge in [-0.25, -0.2) is 13.8 Å². The van der Waals surface area contributed by atoms with Gasteiger partial charge in [0.15, 0.2) is 11.4 Å². The van der Waals surface area contributed by atoms with Crippen molar-refractivity contribution in [3.63, 3.8) is 0 Å². The minimum atomic E-state index is -1.55. The maximum absolute atomic E-state index is 14.6. The van der Waals surface area contributed by atoms with Gasteiger partial charge >= 0.3 is 0 Å². The molecule has 2 aromatic heterocycles. The molecule has 8 nitrogen and oxygen atoms in total. The van der Waals surface area contributed by atoms with E-state index < -0.39 is 11.1 Å². The second-order valence-electron chi connectivity index (χ2n) is 11.1. The minimum absolute atomic E-state index is 0.0435. The molecule has 3 heterocycles. The van der Waals surface area contributed by atoms with Crippen molar-refractivity contribution in [3.8, 4) is 28.5 Å². The number of methoxy groups -OCH3 is 1. The number of amides is 1. The van der Waals surface area contributed by atoms with Crippen LogP contribution in [-0.2, 0) is 10.2 Å². The molecular weight excluding hydrogens is 497 g/mol. The van der Waals surface area contributed by atoms with Gasteiger partial charge in [0.1, 0.15) is 5.67 Å². The first-order valence-corrected chi connectivity index (χ1v) is 12.8. The van der Waals surface area contributed by atoms with Crippen LogP contribution in [-0.4, -0.2) is 44.8 Å². The SMILES string of the molecule is COc1cn(-c2ccc3c(c2C)C(C)(C)C(=O)N3CC(C)(C)F)nc(-c2cc(C)nn2-c2ccccc2)c1=O. The Balaban J connectivity index is 1.71. The third-order valence-electron chi connectivity index (χ3n) is 7.07. The van der Waals surface area contributed by atoms with Crippen LogP contribution in [0.15, 0.2) is 59.5 Å². The third-order valence-corrected chi connectivity index (χ3v) is 7.07. The number of benzene rings is 2. The first kappa shape index (κ1) is 26.3. The van der Waals surface area contributed by atoms with E-state index in [0.29, 0.717) is 17.1 Å². The van der Waals surface area contributed by atoms with Crippen LogP contribution in [0.5, 0.6) is 5.75 Å². The average molecular weight is 530 g/mol. The fraction of sp³-hybridized carbons (Fsp3) is 0.333. The number of carbonyl (C=O) groups excluding carboxylic acids is 1. The third kappa shape index (κ3) is 4.41. The van der Waals surface area contributed by atoms with Crippen LogP contribution in [0.4, 0.5) is 10.1 Å². The molecule has 1 amide bonds. The Morgan fingerprint density at radius 3 is 2.31 bits per heavy atom. The molecule has 0 radical (unpaired) electrons. The molecule has 0 atom stereocenters. The topological polar surface area (TPSA) is 82.2 Å². The van der Waals surface area contributed by atoms with E-state index in [9.17, 15) is 14.0 Å². The number of hydrogen-bond acceptors (Lipinski definition) is 5. The van der Waals surface area contributed by atoms with Crippen molar-refractivity contribution in [2.75, 3.05) is 18.6 Å². The fourth-order valence-electron chi connectivity index (χ4n) is 5.37. The number of hydrogen-bond donors (Lipinski definition) is 0. The molecule has 0 aliphatic carbocycles. The van der Waals surface area contributed by atoms with E-state index in [1.54, 1.807) is 15.6 Å². The lowest BCUT2D eigenvalue weighted by molar-refractivity contribution is -0.122. The molecule has 9 heteroatoms. The molecule has 0 fully saturated rings. The van der Waals surface area contributed by atoms with Crippen molar-refractivity contribution in [2.45, 2.75) is 52.6 Å². The van der Waals surface area contributed by atoms with Gasteiger partial charge in [0.25, 0.3) is 5.43 Å². The van der Waals surface area contributed by atoms with Crippen LogP contribution in [0.2, 0.25) is 0 Å². The average Bonchev–Trinajstić information content (AvgIpc) is 3.35. The van der Waals surface area contributed by atoms with Crippen LogP contribution >= 0.6 is 0 Å². The number of alkyl halides is 1. The second kappa shape index (κ2) is 9.18. The largest absolute Gasteiger partial charge is 0.491 e. The lowest BCUT2D eigenvalue weighted by Crippen LogP contribution is -2.42. The smallest absolute Gasteiger partial charge is 0.251 e. The van der Waals surface area contributed by atoms with Gasteiger partial charge in [-0.2, -0.15) is 10.2 Å². The number of carbonyl (C=O) groups is 1. The fourth-order valence-corrected chi connectivity index (χ4v) is 5.37. The van der Waals surface area contributed by atoms with E-state index in [2.05, 4.69) is 5.10 Å². The quantitative estimate of drug-likeness (QED) is 0.348. The Bertz CT molecular complexity index is 1650. The molecular formula is C30H32FN5O3. The monoisotopic (exact) mass is 529 g/mol. The molecule has 1 aliphatic rings. The Hall–Kier alpha value is -4.27. The van der Waals surface area contributed by atoms with Crippen molar-refractivity contribution in [3.05, 3.63) is 81.8 Å². The Morgan fingerprint density at radius 1 is 1.00 bits per heavy atom. The van der Waals surface area contributed by atoms with Gasteiger partial charge in [-0.05, 0) is 83.0 Å². The molecule has 1 aliphatic heterocycles. The lowest BCUT2D eigenvalue weighted by atomic mass is 9.83. The zero-order valence-electron chi connectivity index (χ0n) is 23.2. The van der Waals surface area contributed by atoms with Crippen LogP contribution in [0.3, 0.4) is 0 Å². The molecule has 2 aromatic carbocycles. The highest BCUT2D eigenvalue weighted by Gasteiger charge is 2.46. The molecule has 0 unspecified atom stereocenters. The van der Waals surface area contributed by atoms with Crippen LogP contribution in [0, 0.1) is 13.8 Å². The standard InChI is InChI=1S/C30H32FN5O3/c1-18-15-23(36(32-18)20-11-9-8-10-12-20)26-27(37)24(39-7)16-35(33-26)21-13-14-22-25(19(21)2)30(5,6)28(38)34(22)17-29(3,4)31/h8-16H,17H2,1-7H3. The summed E-state index contributed by atoms with van der Waals surface area (Å²) in [6.45, 7) is 10.4. The Kier molecular flexibility index (Phi) is 6.20. The number of para-hydroxylation sites is 1. The maximum Gasteiger partial charge on any atom is 0.251 e. The summed E-state index contributed by atoms with van der Waals surface area (Å²) in [5.74, 6) is -0.0358. The lowest BCUT2D eigenvalue weighted by Gasteiger charge is -2.25. The number of rotatable bonds is 6. The van der Waals surface area contributed by atoms with E-state index in [1.165, 1.54) is 25.9 Å². The highest BCUT2D eigenvalue weighted by atomic mass is 19.1. The van der Waals surface area contributed by atoms with Crippen LogP contribution in [0.1, 0.15) is 44.5 Å². The number of aromatic nitrogens is 4. The highest BCUT2D eigenvalue weighted by Crippen LogP contribution is 2.45. The number of nitrogens with zero attached hydrogens (tertiary/aromatic N) is 5. The number of fused-ring (bicyclic) bond motifs is 1. The molecule has 4 aromatic rings. The molecule has 0 saturated carbocycles. The molecule has 39 heavy (non-hydrogen) atoms. The van der Waals surface area contributed by atoms with Crippen molar-refractivity contribution >= 4 is 11.6 Å². The molecule has 5 rings (SSSR count). The zero-order valence-corrected chi connectivity index (χ0v) is 23.2. The second-order valence-corrected chi connectivity index (χ2v) is 11.1. The number of halogens is 1. The van der Waals surface area contributed by atoms with Gasteiger partial charge in [-0.3, -0.25) is 9.59 Å². The number of aryl methyl sites for hydroxylation is 1. The Morgan fingerprint density at radius 2 is 1.67 bits per heavy atom. The molecule has 0 N–H and O–H groups in total. The van der Waals surface area contributed by atoms with Crippen LogP contribution in [0.25, 0.3) is 22.8 Å². The van der Waals surface area contributed by atoms with Crippen LogP contribution < -0.4 is 15.1 Å². The molecule has 0 spiro atoms. The van der Waals surface area contributed by atoms with Gasteiger partial charge in [0, 0.05) is 5.69 Å². The van der Waals surface area contributed by atoms with Crippen molar-refractivity contribution in [1.82, 2.24) is 19.6 Å². The summed E-state index contributed by atoms with van der Waals surface area (Å²) < 4.78 is 23.4. The minimum Gasteiger partial charge on any atom is -0.491 e. The summed E-state index contributed by atoms with van der Waals surface area (Å²) in [6, 6.07) is 15.0. The first-order valence-electron chi connectivity index (χ1n) is 12.8. The zero-order chi connectivity index (χ0) is 28.3. The van der Waals surface area contributed by atoms with Gasteiger partial charge in [-0.1, -0.05) is 18.2 Å². The number of ether oxygens (including phenoxy) is 1. The van der Waals surface area contributed by atoms with Gasteiger partial charge in [-0.15, -0.1) is 0 Å². The van der Waals surface area contributed by atoms with Crippen molar-refractivity contribution in [1.29, 1.82) is 0 Å². The molecule has 202 valence electrons. The summed E-state index contributed by atoms with van der Waals surface area (Å²) in [5.41, 5.74) is 2.42. The van der Waals surface area contributed by atoms with Gasteiger partial charge in [0.05, 0.1) is 48.0 Å². The summed E-state index contributed by atoms with van der Waals surface area (Å²) in [4.78, 5) is 28.4. The first-order chi connectivity index (χ1) is 18.3. The van der Waals surface area contributed by atoms with E-state index in [0.717, 1.165) is 22.5 Å². The number of anilines is 1. The predicted octanol–water partition coefficient (Wildman–Crippen LogP) is 5.08. The Labute approximate surface area is 226 Å². The van der Waals surface area contributed by atoms with E-state index >= 15 is 0 Å². The normalized spacial score (nSPS) is 14.6. The molecule has 0 saturated heterocycles. The maximum atomic E-state index is 14.6. The van der Waals surface area contributed by atoms with E-state index in [1.807, 2.05) is 76.2 Å². The van der Waals surface area contributed by atoms with Gasteiger partial charge in [0.2, 0.25) is 5.91 Å². The molecule has 0 bridgehead atoms. The van der Waals surface area contributed by atoms with Crippen molar-refractivity contribution < 1.29 is 13.9 Å². The summed E-state index contributed by atoms with van der Waals surface area (Å²) in [5, 5.41) is 9.36. The van der Waals surface area contributed by atoms with E-state index in [4.69, 9.17) is 9.84 Å². The highest BCUT2D eigenvalue weighted by molar-refractivity contribution is 6.08.